The van der Waals surface area contributed by atoms with Gasteiger partial charge in [-0.1, -0.05) is 44.0 Å². The summed E-state index contributed by atoms with van der Waals surface area (Å²) in [7, 11) is -1.80. The Hall–Kier alpha value is -0.173. The Bertz CT molecular complexity index is 509. The van der Waals surface area contributed by atoms with Crippen LogP contribution in [0.2, 0.25) is 28.2 Å². The normalized spacial score (nSPS) is 17.6. The SMILES string of the molecule is CC[Si-](CC)(CC)OC(CNC1CCOCC1)c1c(Cl)cncc1Cl. The largest absolute Gasteiger partial charge is 0.558 e. The van der Waals surface area contributed by atoms with E-state index in [1.165, 1.54) is 0 Å². The van der Waals surface area contributed by atoms with Gasteiger partial charge in [0.15, 0.2) is 0 Å². The summed E-state index contributed by atoms with van der Waals surface area (Å²) in [5.74, 6) is 0. The molecule has 2 heterocycles. The van der Waals surface area contributed by atoms with Crippen LogP contribution in [-0.2, 0) is 9.16 Å². The zero-order valence-electron chi connectivity index (χ0n) is 15.5. The quantitative estimate of drug-likeness (QED) is 0.572. The van der Waals surface area contributed by atoms with Gasteiger partial charge in [0.1, 0.15) is 0 Å². The third-order valence-corrected chi connectivity index (χ3v) is 10.6. The van der Waals surface area contributed by atoms with Crippen molar-refractivity contribution in [1.82, 2.24) is 10.3 Å². The number of hydrogen-bond donors (Lipinski definition) is 1. The third kappa shape index (κ3) is 5.65. The molecule has 0 radical (unpaired) electrons. The summed E-state index contributed by atoms with van der Waals surface area (Å²) in [6.07, 6.45) is 5.23. The van der Waals surface area contributed by atoms with E-state index in [2.05, 4.69) is 31.1 Å². The second kappa shape index (κ2) is 10.2. The molecule has 0 aliphatic carbocycles. The molecule has 1 aliphatic rings. The molecule has 0 saturated carbocycles. The van der Waals surface area contributed by atoms with Crippen molar-refractivity contribution in [3.8, 4) is 0 Å². The summed E-state index contributed by atoms with van der Waals surface area (Å²) in [5, 5.41) is 4.81. The molecule has 1 fully saturated rings. The number of hydrogen-bond acceptors (Lipinski definition) is 4. The van der Waals surface area contributed by atoms with Crippen molar-refractivity contribution >= 4 is 31.5 Å². The molecule has 4 nitrogen and oxygen atoms in total. The van der Waals surface area contributed by atoms with Crippen LogP contribution in [0, 0.1) is 0 Å². The molecule has 1 N–H and O–H groups in total. The lowest BCUT2D eigenvalue weighted by Gasteiger charge is -2.45. The van der Waals surface area contributed by atoms with Crippen LogP contribution in [-0.4, -0.2) is 39.1 Å². The molecule has 1 atom stereocenters. The Morgan fingerprint density at radius 2 is 1.72 bits per heavy atom. The predicted molar refractivity (Wildman–Crippen MR) is 107 cm³/mol. The zero-order valence-corrected chi connectivity index (χ0v) is 18.0. The summed E-state index contributed by atoms with van der Waals surface area (Å²) in [6, 6.07) is 3.73. The minimum absolute atomic E-state index is 0.141. The number of pyridine rings is 1. The minimum atomic E-state index is -1.80. The minimum Gasteiger partial charge on any atom is -0.558 e. The lowest BCUT2D eigenvalue weighted by atomic mass is 10.1. The first-order chi connectivity index (χ1) is 12.0. The van der Waals surface area contributed by atoms with Crippen molar-refractivity contribution in [2.24, 2.45) is 0 Å². The lowest BCUT2D eigenvalue weighted by molar-refractivity contribution is 0.0733. The maximum atomic E-state index is 6.77. The fraction of sp³-hybridized carbons (Fsp3) is 0.722. The highest BCUT2D eigenvalue weighted by Gasteiger charge is 2.25. The van der Waals surface area contributed by atoms with E-state index in [1.54, 1.807) is 12.4 Å². The molecule has 1 saturated heterocycles. The summed E-state index contributed by atoms with van der Waals surface area (Å²) >= 11 is 12.9. The Morgan fingerprint density at radius 1 is 1.16 bits per heavy atom. The Labute approximate surface area is 162 Å². The van der Waals surface area contributed by atoms with Crippen LogP contribution < -0.4 is 5.32 Å². The maximum absolute atomic E-state index is 6.77. The van der Waals surface area contributed by atoms with Gasteiger partial charge in [0.05, 0.1) is 16.1 Å². The molecule has 1 aromatic rings. The van der Waals surface area contributed by atoms with Gasteiger partial charge in [-0.3, -0.25) is 4.98 Å². The molecule has 0 spiro atoms. The summed E-state index contributed by atoms with van der Waals surface area (Å²) < 4.78 is 12.2. The molecule has 0 bridgehead atoms. The number of rotatable bonds is 9. The van der Waals surface area contributed by atoms with Crippen molar-refractivity contribution < 1.29 is 9.16 Å². The summed E-state index contributed by atoms with van der Waals surface area (Å²) in [5.41, 5.74) is 0.866. The highest BCUT2D eigenvalue weighted by atomic mass is 35.5. The van der Waals surface area contributed by atoms with Crippen LogP contribution in [0.4, 0.5) is 0 Å². The van der Waals surface area contributed by atoms with E-state index >= 15 is 0 Å². The fourth-order valence-corrected chi connectivity index (χ4v) is 6.82. The van der Waals surface area contributed by atoms with Gasteiger partial charge in [-0.25, -0.2) is 0 Å². The predicted octanol–water partition coefficient (Wildman–Crippen LogP) is 5.22. The van der Waals surface area contributed by atoms with Gasteiger partial charge in [0.25, 0.3) is 0 Å². The van der Waals surface area contributed by atoms with Crippen molar-refractivity contribution in [1.29, 1.82) is 0 Å². The van der Waals surface area contributed by atoms with Gasteiger partial charge >= 0.3 is 0 Å². The third-order valence-electron chi connectivity index (χ3n) is 5.35. The first kappa shape index (κ1) is 21.1. The summed E-state index contributed by atoms with van der Waals surface area (Å²) in [4.78, 5) is 4.09. The van der Waals surface area contributed by atoms with Gasteiger partial charge in [-0.15, -0.1) is 18.1 Å². The van der Waals surface area contributed by atoms with Gasteiger partial charge < -0.3 is 14.5 Å². The van der Waals surface area contributed by atoms with Gasteiger partial charge in [0.2, 0.25) is 0 Å². The molecule has 2 rings (SSSR count). The van der Waals surface area contributed by atoms with Gasteiger partial charge in [0, 0.05) is 43.8 Å². The number of nitrogens with zero attached hydrogens (tertiary/aromatic N) is 1. The van der Waals surface area contributed by atoms with E-state index < -0.39 is 8.32 Å². The van der Waals surface area contributed by atoms with Crippen LogP contribution in [0.1, 0.15) is 45.3 Å². The number of halogens is 2. The first-order valence-electron chi connectivity index (χ1n) is 9.33. The van der Waals surface area contributed by atoms with Crippen molar-refractivity contribution in [3.05, 3.63) is 28.0 Å². The lowest BCUT2D eigenvalue weighted by Crippen LogP contribution is -2.43. The molecule has 7 heteroatoms. The van der Waals surface area contributed by atoms with Crippen LogP contribution in [0.25, 0.3) is 0 Å². The highest BCUT2D eigenvalue weighted by molar-refractivity contribution is 6.73. The van der Waals surface area contributed by atoms with E-state index in [-0.39, 0.29) is 6.10 Å². The maximum Gasteiger partial charge on any atom is 0.0661 e. The van der Waals surface area contributed by atoms with Gasteiger partial charge in [-0.2, -0.15) is 0 Å². The average Bonchev–Trinajstić information content (AvgIpc) is 2.64. The van der Waals surface area contributed by atoms with E-state index in [4.69, 9.17) is 32.4 Å². The Balaban J connectivity index is 2.21. The van der Waals surface area contributed by atoms with Crippen LogP contribution in [0.5, 0.6) is 0 Å². The molecular weight excluding hydrogens is 375 g/mol. The molecule has 143 valence electrons. The first-order valence-corrected chi connectivity index (χ1v) is 12.6. The highest BCUT2D eigenvalue weighted by Crippen LogP contribution is 2.36. The van der Waals surface area contributed by atoms with E-state index in [0.717, 1.165) is 49.8 Å². The topological polar surface area (TPSA) is 43.4 Å². The summed E-state index contributed by atoms with van der Waals surface area (Å²) in [6.45, 7) is 9.05. The monoisotopic (exact) mass is 404 g/mol. The average molecular weight is 405 g/mol. The Morgan fingerprint density at radius 3 is 2.24 bits per heavy atom. The van der Waals surface area contributed by atoms with Crippen LogP contribution >= 0.6 is 23.2 Å². The smallest absolute Gasteiger partial charge is 0.0661 e. The molecule has 1 aliphatic heterocycles. The molecular formula is C18H30Cl2N2O2Si-. The van der Waals surface area contributed by atoms with Crippen molar-refractivity contribution in [2.45, 2.75) is 63.9 Å². The van der Waals surface area contributed by atoms with E-state index in [9.17, 15) is 0 Å². The zero-order chi connectivity index (χ0) is 18.3. The van der Waals surface area contributed by atoms with Crippen molar-refractivity contribution in [3.63, 3.8) is 0 Å². The number of aromatic nitrogens is 1. The van der Waals surface area contributed by atoms with Gasteiger partial charge in [-0.05, 0) is 21.2 Å². The van der Waals surface area contributed by atoms with E-state index in [0.29, 0.717) is 22.6 Å². The second-order valence-electron chi connectivity index (χ2n) is 6.66. The molecule has 0 amide bonds. The molecule has 25 heavy (non-hydrogen) atoms. The molecule has 1 aromatic heterocycles. The Kier molecular flexibility index (Phi) is 8.65. The second-order valence-corrected chi connectivity index (χ2v) is 12.2. The molecule has 0 aromatic carbocycles. The number of ether oxygens (including phenoxy) is 1. The standard InChI is InChI=1S/C18H30Cl2N2O2Si/c1-4-25(5-2,6-3)24-17(13-22-14-7-9-23-10-8-14)18-15(19)11-21-12-16(18)20/h11-12,14,17,22H,4-10,13H2,1-3H3/q-1. The van der Waals surface area contributed by atoms with Crippen LogP contribution in [0.3, 0.4) is 0 Å². The fourth-order valence-electron chi connectivity index (χ4n) is 3.41. The molecule has 1 unspecified atom stereocenters. The van der Waals surface area contributed by atoms with Crippen molar-refractivity contribution in [2.75, 3.05) is 19.8 Å². The van der Waals surface area contributed by atoms with E-state index in [1.807, 2.05) is 0 Å². The number of nitrogens with one attached hydrogen (secondary N) is 1. The van der Waals surface area contributed by atoms with Crippen LogP contribution in [0.15, 0.2) is 12.4 Å².